The molecule has 2 N–H and O–H groups in total. The number of hydrogen-bond acceptors (Lipinski definition) is 4. The molecule has 1 heterocycles. The van der Waals surface area contributed by atoms with Gasteiger partial charge in [0.2, 0.25) is 0 Å². The standard InChI is InChI=1S/C17H20N4OS/c1-17(2,3)15-21-20-14(23-15)12-19-16(22)18-11-7-10-13-8-5-4-6-9-13/h4-6,8-9H,11-12H2,1-3H3,(H2,18,19,22). The summed E-state index contributed by atoms with van der Waals surface area (Å²) in [5.41, 5.74) is 0.906. The van der Waals surface area contributed by atoms with Crippen molar-refractivity contribution >= 4 is 17.4 Å². The molecule has 0 saturated carbocycles. The minimum absolute atomic E-state index is 0.0226. The Bertz CT molecular complexity index is 707. The Morgan fingerprint density at radius 1 is 1.17 bits per heavy atom. The maximum Gasteiger partial charge on any atom is 0.315 e. The lowest BCUT2D eigenvalue weighted by atomic mass is 9.98. The number of carbonyl (C=O) groups excluding carboxylic acids is 1. The molecule has 23 heavy (non-hydrogen) atoms. The second-order valence-electron chi connectivity index (χ2n) is 5.95. The number of urea groups is 1. The number of rotatable bonds is 3. The van der Waals surface area contributed by atoms with E-state index >= 15 is 0 Å². The number of benzene rings is 1. The lowest BCUT2D eigenvalue weighted by Gasteiger charge is -2.12. The van der Waals surface area contributed by atoms with Crippen LogP contribution in [0.4, 0.5) is 4.79 Å². The normalized spacial score (nSPS) is 10.6. The van der Waals surface area contributed by atoms with Crippen LogP contribution < -0.4 is 10.6 Å². The fraction of sp³-hybridized carbons (Fsp3) is 0.353. The molecule has 0 spiro atoms. The number of aromatic nitrogens is 2. The van der Waals surface area contributed by atoms with Crippen LogP contribution in [0.25, 0.3) is 0 Å². The van der Waals surface area contributed by atoms with Crippen LogP contribution in [0.3, 0.4) is 0 Å². The first kappa shape index (κ1) is 17.0. The quantitative estimate of drug-likeness (QED) is 0.851. The first-order valence-electron chi connectivity index (χ1n) is 7.33. The van der Waals surface area contributed by atoms with Gasteiger partial charge in [-0.1, -0.05) is 62.1 Å². The van der Waals surface area contributed by atoms with E-state index in [-0.39, 0.29) is 11.4 Å². The van der Waals surface area contributed by atoms with Crippen molar-refractivity contribution in [2.45, 2.75) is 32.7 Å². The summed E-state index contributed by atoms with van der Waals surface area (Å²) in [6.07, 6.45) is 0. The Morgan fingerprint density at radius 3 is 2.57 bits per heavy atom. The Labute approximate surface area is 140 Å². The highest BCUT2D eigenvalue weighted by atomic mass is 32.1. The first-order valence-corrected chi connectivity index (χ1v) is 8.15. The molecule has 6 heteroatoms. The highest BCUT2D eigenvalue weighted by molar-refractivity contribution is 7.11. The molecule has 2 aromatic rings. The highest BCUT2D eigenvalue weighted by Gasteiger charge is 2.19. The van der Waals surface area contributed by atoms with Crippen molar-refractivity contribution in [3.63, 3.8) is 0 Å². The number of carbonyl (C=O) groups is 1. The van der Waals surface area contributed by atoms with Gasteiger partial charge in [0.1, 0.15) is 10.0 Å². The molecule has 1 aromatic carbocycles. The summed E-state index contributed by atoms with van der Waals surface area (Å²) in [5.74, 6) is 5.89. The molecule has 0 saturated heterocycles. The zero-order valence-corrected chi connectivity index (χ0v) is 14.3. The average Bonchev–Trinajstić information content (AvgIpc) is 3.00. The molecule has 0 fully saturated rings. The summed E-state index contributed by atoms with van der Waals surface area (Å²) in [5, 5.41) is 15.4. The minimum Gasteiger partial charge on any atom is -0.332 e. The molecule has 0 radical (unpaired) electrons. The zero-order chi connectivity index (χ0) is 16.7. The predicted octanol–water partition coefficient (Wildman–Crippen LogP) is 2.69. The average molecular weight is 328 g/mol. The van der Waals surface area contributed by atoms with Gasteiger partial charge in [0, 0.05) is 11.0 Å². The van der Waals surface area contributed by atoms with E-state index in [1.807, 2.05) is 30.3 Å². The van der Waals surface area contributed by atoms with Crippen molar-refractivity contribution in [3.8, 4) is 11.8 Å². The van der Waals surface area contributed by atoms with E-state index in [9.17, 15) is 4.79 Å². The fourth-order valence-electron chi connectivity index (χ4n) is 1.64. The van der Waals surface area contributed by atoms with Crippen molar-refractivity contribution in [1.29, 1.82) is 0 Å². The SMILES string of the molecule is CC(C)(C)c1nnc(CNC(=O)NCC#Cc2ccccc2)s1. The van der Waals surface area contributed by atoms with Crippen molar-refractivity contribution in [1.82, 2.24) is 20.8 Å². The molecule has 120 valence electrons. The summed E-state index contributed by atoms with van der Waals surface area (Å²) in [6, 6.07) is 9.39. The molecule has 0 aliphatic rings. The van der Waals surface area contributed by atoms with Gasteiger partial charge in [0.15, 0.2) is 0 Å². The Balaban J connectivity index is 1.73. The monoisotopic (exact) mass is 328 g/mol. The molecule has 0 aliphatic heterocycles. The molecule has 1 aromatic heterocycles. The zero-order valence-electron chi connectivity index (χ0n) is 13.5. The maximum absolute atomic E-state index is 11.7. The third-order valence-electron chi connectivity index (χ3n) is 2.85. The van der Waals surface area contributed by atoms with Crippen LogP contribution in [0.5, 0.6) is 0 Å². The van der Waals surface area contributed by atoms with Crippen LogP contribution in [0.1, 0.15) is 36.3 Å². The fourth-order valence-corrected chi connectivity index (χ4v) is 2.48. The molecule has 0 atom stereocenters. The smallest absolute Gasteiger partial charge is 0.315 e. The molecule has 2 rings (SSSR count). The molecule has 0 unspecified atom stereocenters. The van der Waals surface area contributed by atoms with E-state index in [2.05, 4.69) is 53.4 Å². The van der Waals surface area contributed by atoms with Gasteiger partial charge >= 0.3 is 6.03 Å². The molecule has 5 nitrogen and oxygen atoms in total. The van der Waals surface area contributed by atoms with Crippen LogP contribution in [0.2, 0.25) is 0 Å². The third kappa shape index (κ3) is 5.72. The van der Waals surface area contributed by atoms with E-state index in [1.54, 1.807) is 0 Å². The highest BCUT2D eigenvalue weighted by Crippen LogP contribution is 2.25. The molecular formula is C17H20N4OS. The number of amides is 2. The van der Waals surface area contributed by atoms with Crippen molar-refractivity contribution < 1.29 is 4.79 Å². The Morgan fingerprint density at radius 2 is 1.91 bits per heavy atom. The molecule has 2 amide bonds. The molecular weight excluding hydrogens is 308 g/mol. The van der Waals surface area contributed by atoms with Crippen LogP contribution >= 0.6 is 11.3 Å². The summed E-state index contributed by atoms with van der Waals surface area (Å²) < 4.78 is 0. The third-order valence-corrected chi connectivity index (χ3v) is 4.20. The van der Waals surface area contributed by atoms with Gasteiger partial charge in [-0.15, -0.1) is 10.2 Å². The summed E-state index contributed by atoms with van der Waals surface area (Å²) in [6.45, 7) is 6.92. The van der Waals surface area contributed by atoms with Gasteiger partial charge in [0.25, 0.3) is 0 Å². The lowest BCUT2D eigenvalue weighted by molar-refractivity contribution is 0.241. The van der Waals surface area contributed by atoms with Crippen LogP contribution in [-0.4, -0.2) is 22.8 Å². The maximum atomic E-state index is 11.7. The number of nitrogens with one attached hydrogen (secondary N) is 2. The Hall–Kier alpha value is -2.39. The van der Waals surface area contributed by atoms with Gasteiger partial charge in [-0.05, 0) is 12.1 Å². The Kier molecular flexibility index (Phi) is 5.72. The molecule has 0 aliphatic carbocycles. The van der Waals surface area contributed by atoms with E-state index < -0.39 is 0 Å². The summed E-state index contributed by atoms with van der Waals surface area (Å²) in [7, 11) is 0. The van der Waals surface area contributed by atoms with Gasteiger partial charge in [-0.25, -0.2) is 4.79 Å². The van der Waals surface area contributed by atoms with Crippen LogP contribution in [-0.2, 0) is 12.0 Å². The summed E-state index contributed by atoms with van der Waals surface area (Å²) in [4.78, 5) is 11.7. The van der Waals surface area contributed by atoms with Gasteiger partial charge in [-0.2, -0.15) is 0 Å². The van der Waals surface area contributed by atoms with Crippen molar-refractivity contribution in [2.75, 3.05) is 6.54 Å². The van der Waals surface area contributed by atoms with Crippen molar-refractivity contribution in [2.24, 2.45) is 0 Å². The second kappa shape index (κ2) is 7.75. The lowest BCUT2D eigenvalue weighted by Crippen LogP contribution is -2.35. The van der Waals surface area contributed by atoms with Crippen LogP contribution in [0, 0.1) is 11.8 Å². The largest absolute Gasteiger partial charge is 0.332 e. The van der Waals surface area contributed by atoms with Crippen molar-refractivity contribution in [3.05, 3.63) is 45.9 Å². The topological polar surface area (TPSA) is 66.9 Å². The van der Waals surface area contributed by atoms with Gasteiger partial charge in [0.05, 0.1) is 13.1 Å². The number of nitrogens with zero attached hydrogens (tertiary/aromatic N) is 2. The van der Waals surface area contributed by atoms with Crippen LogP contribution in [0.15, 0.2) is 30.3 Å². The first-order chi connectivity index (χ1) is 10.9. The molecule has 0 bridgehead atoms. The summed E-state index contributed by atoms with van der Waals surface area (Å²) >= 11 is 1.51. The van der Waals surface area contributed by atoms with E-state index in [4.69, 9.17) is 0 Å². The number of hydrogen-bond donors (Lipinski definition) is 2. The van der Waals surface area contributed by atoms with E-state index in [1.165, 1.54) is 11.3 Å². The van der Waals surface area contributed by atoms with Gasteiger partial charge < -0.3 is 10.6 Å². The second-order valence-corrected chi connectivity index (χ2v) is 7.02. The minimum atomic E-state index is -0.264. The van der Waals surface area contributed by atoms with E-state index in [0.717, 1.165) is 15.6 Å². The van der Waals surface area contributed by atoms with E-state index in [0.29, 0.717) is 13.1 Å². The predicted molar refractivity (Wildman–Crippen MR) is 92.2 cm³/mol. The van der Waals surface area contributed by atoms with Gasteiger partial charge in [-0.3, -0.25) is 0 Å².